The zero-order valence-corrected chi connectivity index (χ0v) is 14.6. The summed E-state index contributed by atoms with van der Waals surface area (Å²) in [7, 11) is 0. The van der Waals surface area contributed by atoms with Crippen LogP contribution >= 0.6 is 12.2 Å². The lowest BCUT2D eigenvalue weighted by atomic mass is 9.80. The third-order valence-corrected chi connectivity index (χ3v) is 5.44. The average molecular weight is 355 g/mol. The Hall–Kier alpha value is -2.67. The second-order valence-electron chi connectivity index (χ2n) is 6.52. The van der Waals surface area contributed by atoms with E-state index >= 15 is 0 Å². The van der Waals surface area contributed by atoms with Gasteiger partial charge in [-0.25, -0.2) is 0 Å². The lowest BCUT2D eigenvalue weighted by Gasteiger charge is -2.56. The van der Waals surface area contributed by atoms with Gasteiger partial charge in [-0.15, -0.1) is 0 Å². The lowest BCUT2D eigenvalue weighted by molar-refractivity contribution is -0.385. The van der Waals surface area contributed by atoms with Crippen LogP contribution < -0.4 is 15.0 Å². The summed E-state index contributed by atoms with van der Waals surface area (Å²) in [6.45, 7) is 4.08. The van der Waals surface area contributed by atoms with E-state index in [4.69, 9.17) is 17.0 Å². The standard InChI is InChI=1S/C18H17N3O3S/c1-11-16-14-10-13(21(22)23)8-9-15(14)24-18(11,2)20(17(25)19-16)12-6-4-3-5-7-12/h3-11,16H,1-2H3,(H,19,25). The number of rotatable bonds is 2. The number of nitrogens with one attached hydrogen (secondary N) is 1. The zero-order chi connectivity index (χ0) is 17.8. The van der Waals surface area contributed by atoms with Gasteiger partial charge < -0.3 is 10.1 Å². The van der Waals surface area contributed by atoms with Gasteiger partial charge in [0.05, 0.1) is 11.0 Å². The Morgan fingerprint density at radius 3 is 2.68 bits per heavy atom. The first-order valence-electron chi connectivity index (χ1n) is 8.05. The van der Waals surface area contributed by atoms with Crippen molar-refractivity contribution in [1.29, 1.82) is 0 Å². The fourth-order valence-corrected chi connectivity index (χ4v) is 4.10. The van der Waals surface area contributed by atoms with E-state index in [2.05, 4.69) is 12.2 Å². The van der Waals surface area contributed by atoms with Crippen molar-refractivity contribution >= 4 is 28.7 Å². The number of thiocarbonyl (C=S) groups is 1. The van der Waals surface area contributed by atoms with Crippen molar-refractivity contribution in [2.45, 2.75) is 25.6 Å². The Morgan fingerprint density at radius 2 is 2.00 bits per heavy atom. The van der Waals surface area contributed by atoms with Crippen LogP contribution in [0.3, 0.4) is 0 Å². The number of ether oxygens (including phenoxy) is 1. The summed E-state index contributed by atoms with van der Waals surface area (Å²) in [6, 6.07) is 14.4. The fourth-order valence-electron chi connectivity index (χ4n) is 3.68. The summed E-state index contributed by atoms with van der Waals surface area (Å²) in [4.78, 5) is 12.7. The van der Waals surface area contributed by atoms with Crippen LogP contribution in [0.4, 0.5) is 11.4 Å². The average Bonchev–Trinajstić information content (AvgIpc) is 2.58. The number of hydrogen-bond acceptors (Lipinski definition) is 4. The van der Waals surface area contributed by atoms with E-state index in [1.807, 2.05) is 42.2 Å². The molecule has 2 heterocycles. The normalized spacial score (nSPS) is 27.1. The monoisotopic (exact) mass is 355 g/mol. The minimum Gasteiger partial charge on any atom is -0.467 e. The Kier molecular flexibility index (Phi) is 3.43. The van der Waals surface area contributed by atoms with Gasteiger partial charge in [-0.1, -0.05) is 25.1 Å². The third-order valence-electron chi connectivity index (χ3n) is 5.14. The molecule has 0 aliphatic carbocycles. The summed E-state index contributed by atoms with van der Waals surface area (Å²) in [5.41, 5.74) is 1.08. The highest BCUT2D eigenvalue weighted by Gasteiger charge is 2.54. The number of para-hydroxylation sites is 1. The highest BCUT2D eigenvalue weighted by atomic mass is 32.1. The van der Waals surface area contributed by atoms with Crippen LogP contribution in [0.5, 0.6) is 5.75 Å². The van der Waals surface area contributed by atoms with E-state index in [1.54, 1.807) is 12.1 Å². The minimum atomic E-state index is -0.683. The second kappa shape index (κ2) is 5.42. The molecular formula is C18H17N3O3S. The number of hydrogen-bond donors (Lipinski definition) is 1. The molecule has 3 atom stereocenters. The Morgan fingerprint density at radius 1 is 1.28 bits per heavy atom. The summed E-state index contributed by atoms with van der Waals surface area (Å²) in [5, 5.41) is 15.0. The van der Waals surface area contributed by atoms with Crippen molar-refractivity contribution in [3.63, 3.8) is 0 Å². The zero-order valence-electron chi connectivity index (χ0n) is 13.8. The van der Waals surface area contributed by atoms with Gasteiger partial charge in [0, 0.05) is 29.3 Å². The van der Waals surface area contributed by atoms with Gasteiger partial charge >= 0.3 is 0 Å². The number of nitro groups is 1. The van der Waals surface area contributed by atoms with Gasteiger partial charge in [0.1, 0.15) is 5.75 Å². The maximum atomic E-state index is 11.1. The van der Waals surface area contributed by atoms with Crippen LogP contribution in [-0.2, 0) is 0 Å². The molecule has 0 radical (unpaired) electrons. The molecule has 7 heteroatoms. The molecule has 4 rings (SSSR count). The first kappa shape index (κ1) is 15.8. The van der Waals surface area contributed by atoms with Crippen LogP contribution in [0, 0.1) is 16.0 Å². The van der Waals surface area contributed by atoms with Crippen molar-refractivity contribution in [2.75, 3.05) is 4.90 Å². The molecule has 2 aliphatic heterocycles. The Bertz CT molecular complexity index is 873. The number of nitro benzene ring substituents is 1. The van der Waals surface area contributed by atoms with Crippen LogP contribution in [0.15, 0.2) is 48.5 Å². The van der Waals surface area contributed by atoms with Crippen LogP contribution in [0.2, 0.25) is 0 Å². The van der Waals surface area contributed by atoms with Crippen molar-refractivity contribution in [3.05, 3.63) is 64.2 Å². The van der Waals surface area contributed by atoms with E-state index < -0.39 is 10.6 Å². The van der Waals surface area contributed by atoms with Gasteiger partial charge in [-0.3, -0.25) is 15.0 Å². The fraction of sp³-hybridized carbons (Fsp3) is 0.278. The minimum absolute atomic E-state index is 0.0221. The molecule has 128 valence electrons. The number of nitrogens with zero attached hydrogens (tertiary/aromatic N) is 2. The smallest absolute Gasteiger partial charge is 0.270 e. The number of anilines is 1. The molecule has 0 amide bonds. The molecular weight excluding hydrogens is 338 g/mol. The van der Waals surface area contributed by atoms with Crippen molar-refractivity contribution in [2.24, 2.45) is 5.92 Å². The molecule has 2 aliphatic rings. The highest BCUT2D eigenvalue weighted by molar-refractivity contribution is 7.80. The first-order valence-corrected chi connectivity index (χ1v) is 8.46. The van der Waals surface area contributed by atoms with Gasteiger partial charge in [0.25, 0.3) is 5.69 Å². The van der Waals surface area contributed by atoms with Crippen LogP contribution in [0.1, 0.15) is 25.5 Å². The first-order chi connectivity index (χ1) is 11.9. The SMILES string of the molecule is CC1C2NC(=S)N(c3ccccc3)C1(C)Oc1ccc([N+](=O)[O-])cc12. The van der Waals surface area contributed by atoms with Crippen molar-refractivity contribution in [1.82, 2.24) is 5.32 Å². The molecule has 2 aromatic rings. The molecule has 0 saturated carbocycles. The third kappa shape index (κ3) is 2.26. The maximum absolute atomic E-state index is 11.1. The summed E-state index contributed by atoms with van der Waals surface area (Å²) in [6.07, 6.45) is 0. The van der Waals surface area contributed by atoms with Gasteiger partial charge in [0.2, 0.25) is 0 Å². The molecule has 3 unspecified atom stereocenters. The van der Waals surface area contributed by atoms with Crippen LogP contribution in [0.25, 0.3) is 0 Å². The van der Waals surface area contributed by atoms with Crippen molar-refractivity contribution < 1.29 is 9.66 Å². The molecule has 2 aromatic carbocycles. The predicted octanol–water partition coefficient (Wildman–Crippen LogP) is 3.78. The van der Waals surface area contributed by atoms with Gasteiger partial charge in [-0.05, 0) is 37.3 Å². The molecule has 0 aromatic heterocycles. The largest absolute Gasteiger partial charge is 0.467 e. The summed E-state index contributed by atoms with van der Waals surface area (Å²) in [5.74, 6) is 0.668. The molecule has 6 nitrogen and oxygen atoms in total. The van der Waals surface area contributed by atoms with E-state index in [-0.39, 0.29) is 17.6 Å². The topological polar surface area (TPSA) is 67.6 Å². The van der Waals surface area contributed by atoms with Crippen LogP contribution in [-0.4, -0.2) is 15.8 Å². The van der Waals surface area contributed by atoms with E-state index in [0.717, 1.165) is 11.3 Å². The quantitative estimate of drug-likeness (QED) is 0.502. The molecule has 2 bridgehead atoms. The Labute approximate surface area is 150 Å². The van der Waals surface area contributed by atoms with Gasteiger partial charge in [0.15, 0.2) is 10.8 Å². The maximum Gasteiger partial charge on any atom is 0.270 e. The van der Waals surface area contributed by atoms with E-state index in [9.17, 15) is 10.1 Å². The Balaban J connectivity index is 1.84. The highest BCUT2D eigenvalue weighted by Crippen LogP contribution is 2.49. The molecule has 0 spiro atoms. The molecule has 1 fully saturated rings. The lowest BCUT2D eigenvalue weighted by Crippen LogP contribution is -2.69. The van der Waals surface area contributed by atoms with E-state index in [1.165, 1.54) is 6.07 Å². The summed E-state index contributed by atoms with van der Waals surface area (Å²) < 4.78 is 6.35. The number of non-ortho nitro benzene ring substituents is 1. The molecule has 25 heavy (non-hydrogen) atoms. The number of benzene rings is 2. The molecule has 1 N–H and O–H groups in total. The van der Waals surface area contributed by atoms with E-state index in [0.29, 0.717) is 10.9 Å². The van der Waals surface area contributed by atoms with Gasteiger partial charge in [-0.2, -0.15) is 0 Å². The van der Waals surface area contributed by atoms with Crippen molar-refractivity contribution in [3.8, 4) is 5.75 Å². The number of fused-ring (bicyclic) bond motifs is 4. The second-order valence-corrected chi connectivity index (χ2v) is 6.91. The predicted molar refractivity (Wildman–Crippen MR) is 98.7 cm³/mol. The molecule has 1 saturated heterocycles. The summed E-state index contributed by atoms with van der Waals surface area (Å²) >= 11 is 5.60.